The van der Waals surface area contributed by atoms with Crippen molar-refractivity contribution in [3.05, 3.63) is 46.6 Å². The van der Waals surface area contributed by atoms with E-state index in [1.807, 2.05) is 24.3 Å². The lowest BCUT2D eigenvalue weighted by atomic mass is 10.1. The molecule has 2 heterocycles. The molecule has 0 radical (unpaired) electrons. The highest BCUT2D eigenvalue weighted by Gasteiger charge is 2.15. The van der Waals surface area contributed by atoms with Crippen molar-refractivity contribution in [3.63, 3.8) is 0 Å². The van der Waals surface area contributed by atoms with Crippen LogP contribution in [0.5, 0.6) is 0 Å². The number of carbonyl (C=O) groups excluding carboxylic acids is 1. The minimum absolute atomic E-state index is 0.0358. The summed E-state index contributed by atoms with van der Waals surface area (Å²) in [5.41, 5.74) is 7.26. The van der Waals surface area contributed by atoms with Gasteiger partial charge in [-0.2, -0.15) is 0 Å². The second-order valence-corrected chi connectivity index (χ2v) is 8.70. The first-order valence-electron chi connectivity index (χ1n) is 10.7. The molecule has 0 aliphatic carbocycles. The maximum absolute atomic E-state index is 12.3. The Morgan fingerprint density at radius 1 is 1.13 bits per heavy atom. The monoisotopic (exact) mass is 463 g/mol. The van der Waals surface area contributed by atoms with E-state index in [1.54, 1.807) is 6.07 Å². The molecule has 0 atom stereocenters. The summed E-state index contributed by atoms with van der Waals surface area (Å²) in [5, 5.41) is 4.06. The molecule has 0 spiro atoms. The summed E-state index contributed by atoms with van der Waals surface area (Å²) >= 11 is 7.74. The summed E-state index contributed by atoms with van der Waals surface area (Å²) in [4.78, 5) is 23.4. The number of thioether (sulfide) groups is 1. The number of unbranched alkanes of at least 4 members (excludes halogenated alkanes) is 3. The van der Waals surface area contributed by atoms with Crippen LogP contribution in [0.25, 0.3) is 0 Å². The van der Waals surface area contributed by atoms with Gasteiger partial charge in [0.2, 0.25) is 0 Å². The number of morpholine rings is 1. The average molecular weight is 464 g/mol. The summed E-state index contributed by atoms with van der Waals surface area (Å²) in [6.07, 6.45) is 4.23. The van der Waals surface area contributed by atoms with Crippen LogP contribution in [0.15, 0.2) is 35.5 Å². The van der Waals surface area contributed by atoms with E-state index >= 15 is 0 Å². The van der Waals surface area contributed by atoms with Crippen molar-refractivity contribution in [2.24, 2.45) is 5.73 Å². The number of hydrogen-bond donors (Lipinski definition) is 2. The van der Waals surface area contributed by atoms with Gasteiger partial charge >= 0.3 is 0 Å². The fourth-order valence-electron chi connectivity index (χ4n) is 3.23. The first-order chi connectivity index (χ1) is 15.2. The molecule has 0 unspecified atom stereocenters. The Kier molecular flexibility index (Phi) is 9.86. The zero-order valence-corrected chi connectivity index (χ0v) is 19.3. The van der Waals surface area contributed by atoms with Crippen molar-refractivity contribution < 1.29 is 9.53 Å². The number of carbonyl (C=O) groups is 1. The summed E-state index contributed by atoms with van der Waals surface area (Å²) < 4.78 is 5.40. The molecule has 3 N–H and O–H groups in total. The lowest BCUT2D eigenvalue weighted by Gasteiger charge is -2.27. The molecule has 9 heteroatoms. The molecule has 1 saturated heterocycles. The fourth-order valence-corrected chi connectivity index (χ4v) is 4.27. The Morgan fingerprint density at radius 3 is 2.61 bits per heavy atom. The number of hydrogen-bond acceptors (Lipinski definition) is 7. The molecular formula is C22H30ClN5O2S. The number of nitrogens with zero attached hydrogens (tertiary/aromatic N) is 3. The van der Waals surface area contributed by atoms with Crippen LogP contribution < -0.4 is 16.0 Å². The van der Waals surface area contributed by atoms with Crippen LogP contribution in [0.2, 0.25) is 5.15 Å². The molecular weight excluding hydrogens is 434 g/mol. The molecule has 0 bridgehead atoms. The van der Waals surface area contributed by atoms with Gasteiger partial charge in [0.1, 0.15) is 11.0 Å². The predicted octanol–water partition coefficient (Wildman–Crippen LogP) is 3.51. The SMILES string of the molecule is NCCCCCCNC(=O)c1ccc(CSc2nc(Cl)cc(N3CCOCC3)n2)cc1. The number of nitrogens with two attached hydrogens (primary N) is 1. The molecule has 1 aromatic heterocycles. The highest BCUT2D eigenvalue weighted by Crippen LogP contribution is 2.25. The zero-order valence-electron chi connectivity index (χ0n) is 17.7. The molecule has 1 aliphatic rings. The van der Waals surface area contributed by atoms with E-state index < -0.39 is 0 Å². The van der Waals surface area contributed by atoms with E-state index in [0.29, 0.717) is 41.4 Å². The lowest BCUT2D eigenvalue weighted by molar-refractivity contribution is 0.0953. The molecule has 3 rings (SSSR count). The van der Waals surface area contributed by atoms with Crippen LogP contribution in [0, 0.1) is 0 Å². The van der Waals surface area contributed by atoms with Crippen LogP contribution in [0.1, 0.15) is 41.6 Å². The molecule has 7 nitrogen and oxygen atoms in total. The molecule has 168 valence electrons. The van der Waals surface area contributed by atoms with E-state index in [-0.39, 0.29) is 5.91 Å². The van der Waals surface area contributed by atoms with Crippen molar-refractivity contribution in [2.75, 3.05) is 44.3 Å². The second kappa shape index (κ2) is 12.9. The van der Waals surface area contributed by atoms with E-state index in [0.717, 1.165) is 56.7 Å². The molecule has 1 amide bonds. The number of halogens is 1. The van der Waals surface area contributed by atoms with Crippen molar-refractivity contribution in [2.45, 2.75) is 36.6 Å². The first kappa shape index (κ1) is 23.8. The number of benzene rings is 1. The Labute approximate surface area is 193 Å². The third-order valence-electron chi connectivity index (χ3n) is 5.00. The third kappa shape index (κ3) is 7.96. The van der Waals surface area contributed by atoms with Crippen LogP contribution >= 0.6 is 23.4 Å². The van der Waals surface area contributed by atoms with Crippen LogP contribution in [0.4, 0.5) is 5.82 Å². The van der Waals surface area contributed by atoms with E-state index in [2.05, 4.69) is 20.2 Å². The molecule has 2 aromatic rings. The van der Waals surface area contributed by atoms with Crippen molar-refractivity contribution in [3.8, 4) is 0 Å². The maximum atomic E-state index is 12.3. The van der Waals surface area contributed by atoms with Crippen LogP contribution in [0.3, 0.4) is 0 Å². The maximum Gasteiger partial charge on any atom is 0.251 e. The Balaban J connectivity index is 1.48. The lowest BCUT2D eigenvalue weighted by Crippen LogP contribution is -2.36. The highest BCUT2D eigenvalue weighted by atomic mass is 35.5. The van der Waals surface area contributed by atoms with Crippen molar-refractivity contribution in [1.29, 1.82) is 0 Å². The Hall–Kier alpha value is -1.87. The molecule has 1 fully saturated rings. The molecule has 0 saturated carbocycles. The standard InChI is InChI=1S/C22H30ClN5O2S/c23-19-15-20(28-11-13-30-14-12-28)27-22(26-19)31-16-17-5-7-18(8-6-17)21(29)25-10-4-2-1-3-9-24/h5-8,15H,1-4,9-14,16,24H2,(H,25,29). The van der Waals surface area contributed by atoms with E-state index in [4.69, 9.17) is 22.1 Å². The van der Waals surface area contributed by atoms with Gasteiger partial charge in [0.25, 0.3) is 5.91 Å². The second-order valence-electron chi connectivity index (χ2n) is 7.38. The van der Waals surface area contributed by atoms with Gasteiger partial charge in [0.05, 0.1) is 13.2 Å². The minimum atomic E-state index is -0.0358. The van der Waals surface area contributed by atoms with Gasteiger partial charge in [-0.05, 0) is 37.1 Å². The molecule has 31 heavy (non-hydrogen) atoms. The van der Waals surface area contributed by atoms with E-state index in [9.17, 15) is 4.79 Å². The Morgan fingerprint density at radius 2 is 1.87 bits per heavy atom. The van der Waals surface area contributed by atoms with E-state index in [1.165, 1.54) is 11.8 Å². The van der Waals surface area contributed by atoms with Crippen molar-refractivity contribution in [1.82, 2.24) is 15.3 Å². The normalized spacial score (nSPS) is 13.9. The summed E-state index contributed by atoms with van der Waals surface area (Å²) in [7, 11) is 0. The number of anilines is 1. The first-order valence-corrected chi connectivity index (χ1v) is 12.1. The van der Waals surface area contributed by atoms with Gasteiger partial charge in [-0.25, -0.2) is 9.97 Å². The number of nitrogens with one attached hydrogen (secondary N) is 1. The molecule has 1 aliphatic heterocycles. The number of amides is 1. The quantitative estimate of drug-likeness (QED) is 0.228. The minimum Gasteiger partial charge on any atom is -0.378 e. The topological polar surface area (TPSA) is 93.4 Å². The third-order valence-corrected chi connectivity index (χ3v) is 6.11. The predicted molar refractivity (Wildman–Crippen MR) is 126 cm³/mol. The summed E-state index contributed by atoms with van der Waals surface area (Å²) in [6.45, 7) is 4.41. The smallest absolute Gasteiger partial charge is 0.251 e. The Bertz CT molecular complexity index is 831. The summed E-state index contributed by atoms with van der Waals surface area (Å²) in [6, 6.07) is 9.45. The van der Waals surface area contributed by atoms with Crippen LogP contribution in [-0.2, 0) is 10.5 Å². The van der Waals surface area contributed by atoms with Gasteiger partial charge < -0.3 is 20.7 Å². The fraction of sp³-hybridized carbons (Fsp3) is 0.500. The van der Waals surface area contributed by atoms with Crippen molar-refractivity contribution >= 4 is 35.1 Å². The number of ether oxygens (including phenoxy) is 1. The number of rotatable bonds is 11. The molecule has 1 aromatic carbocycles. The van der Waals surface area contributed by atoms with Gasteiger partial charge in [0.15, 0.2) is 5.16 Å². The number of aromatic nitrogens is 2. The van der Waals surface area contributed by atoms with Gasteiger partial charge in [0, 0.05) is 37.0 Å². The zero-order chi connectivity index (χ0) is 21.9. The summed E-state index contributed by atoms with van der Waals surface area (Å²) in [5.74, 6) is 1.50. The van der Waals surface area contributed by atoms with Gasteiger partial charge in [-0.1, -0.05) is 48.3 Å². The average Bonchev–Trinajstić information content (AvgIpc) is 2.80. The van der Waals surface area contributed by atoms with Gasteiger partial charge in [-0.3, -0.25) is 4.79 Å². The van der Waals surface area contributed by atoms with Gasteiger partial charge in [-0.15, -0.1) is 0 Å². The largest absolute Gasteiger partial charge is 0.378 e. The highest BCUT2D eigenvalue weighted by molar-refractivity contribution is 7.98. The van der Waals surface area contributed by atoms with Crippen LogP contribution in [-0.4, -0.2) is 55.3 Å².